The molecule has 0 saturated carbocycles. The number of hydrogen-bond acceptors (Lipinski definition) is 7. The van der Waals surface area contributed by atoms with Gasteiger partial charge in [-0.1, -0.05) is 32.1 Å². The first-order valence-electron chi connectivity index (χ1n) is 8.47. The van der Waals surface area contributed by atoms with Gasteiger partial charge in [-0.25, -0.2) is 9.97 Å². The van der Waals surface area contributed by atoms with Crippen LogP contribution in [0.15, 0.2) is 21.0 Å². The molecule has 27 heavy (non-hydrogen) atoms. The third-order valence-corrected chi connectivity index (χ3v) is 6.15. The number of thioether (sulfide) groups is 1. The molecule has 6 nitrogen and oxygen atoms in total. The summed E-state index contributed by atoms with van der Waals surface area (Å²) in [5, 5.41) is 6.87. The van der Waals surface area contributed by atoms with Crippen LogP contribution < -0.4 is 10.6 Å². The van der Waals surface area contributed by atoms with E-state index in [9.17, 15) is 4.79 Å². The molecule has 152 valence electrons. The zero-order valence-electron chi connectivity index (χ0n) is 15.6. The highest BCUT2D eigenvalue weighted by molar-refractivity contribution is 8.00. The van der Waals surface area contributed by atoms with E-state index in [1.807, 2.05) is 0 Å². The van der Waals surface area contributed by atoms with Crippen LogP contribution in [0.25, 0.3) is 0 Å². The molecule has 10 heteroatoms. The predicted molar refractivity (Wildman–Crippen MR) is 116 cm³/mol. The number of oxazole rings is 1. The molecule has 0 radical (unpaired) electrons. The van der Waals surface area contributed by atoms with E-state index >= 15 is 0 Å². The first kappa shape index (κ1) is 24.2. The molecule has 3 rings (SSSR count). The van der Waals surface area contributed by atoms with Gasteiger partial charge in [-0.05, 0) is 25.9 Å². The van der Waals surface area contributed by atoms with Gasteiger partial charge in [-0.2, -0.15) is 0 Å². The van der Waals surface area contributed by atoms with Gasteiger partial charge in [-0.3, -0.25) is 4.79 Å². The first-order chi connectivity index (χ1) is 11.9. The minimum Gasteiger partial charge on any atom is -0.444 e. The lowest BCUT2D eigenvalue weighted by molar-refractivity contribution is -0.120. The minimum atomic E-state index is -0.0352. The molecule has 0 aromatic carbocycles. The Bertz CT molecular complexity index is 725. The van der Waals surface area contributed by atoms with Gasteiger partial charge in [0, 0.05) is 11.3 Å². The summed E-state index contributed by atoms with van der Waals surface area (Å²) in [5.41, 5.74) is -0.0352. The SMILES string of the molecule is CC(C)(C)c1cnc(CSc2cnc(NC(=O)C3CCNCC3)s2)o1.Cl.Cl. The summed E-state index contributed by atoms with van der Waals surface area (Å²) in [5.74, 6) is 2.42. The molecule has 0 atom stereocenters. The van der Waals surface area contributed by atoms with Crippen molar-refractivity contribution >= 4 is 59.0 Å². The van der Waals surface area contributed by atoms with Crippen LogP contribution >= 0.6 is 47.9 Å². The van der Waals surface area contributed by atoms with Crippen molar-refractivity contribution in [2.24, 2.45) is 5.92 Å². The number of hydrogen-bond donors (Lipinski definition) is 2. The molecule has 2 aromatic rings. The highest BCUT2D eigenvalue weighted by Gasteiger charge is 2.22. The van der Waals surface area contributed by atoms with Crippen LogP contribution in [0.1, 0.15) is 45.3 Å². The van der Waals surface area contributed by atoms with E-state index in [1.54, 1.807) is 24.2 Å². The molecule has 1 fully saturated rings. The van der Waals surface area contributed by atoms with E-state index in [0.29, 0.717) is 16.8 Å². The standard InChI is InChI=1S/C17H24N4O2S2.2ClH/c1-17(2,3)12-8-19-13(23-12)10-24-14-9-20-16(25-14)21-15(22)11-4-6-18-7-5-11;;/h8-9,11,18H,4-7,10H2,1-3H3,(H,20,21,22);2*1H. The summed E-state index contributed by atoms with van der Waals surface area (Å²) in [4.78, 5) is 20.9. The highest BCUT2D eigenvalue weighted by atomic mass is 35.5. The van der Waals surface area contributed by atoms with Gasteiger partial charge in [0.1, 0.15) is 5.76 Å². The van der Waals surface area contributed by atoms with Gasteiger partial charge in [0.05, 0.1) is 22.4 Å². The number of carbonyl (C=O) groups is 1. The van der Waals surface area contributed by atoms with Gasteiger partial charge >= 0.3 is 0 Å². The minimum absolute atomic E-state index is 0. The third kappa shape index (κ3) is 6.94. The van der Waals surface area contributed by atoms with Gasteiger partial charge in [-0.15, -0.1) is 36.6 Å². The summed E-state index contributed by atoms with van der Waals surface area (Å²) in [6, 6.07) is 0. The van der Waals surface area contributed by atoms with E-state index in [4.69, 9.17) is 4.42 Å². The second-order valence-corrected chi connectivity index (χ2v) is 9.46. The number of anilines is 1. The fourth-order valence-electron chi connectivity index (χ4n) is 2.53. The van der Waals surface area contributed by atoms with Crippen molar-refractivity contribution in [2.45, 2.75) is 49.0 Å². The van der Waals surface area contributed by atoms with Gasteiger partial charge in [0.2, 0.25) is 11.8 Å². The Morgan fingerprint density at radius 2 is 2.00 bits per heavy atom. The van der Waals surface area contributed by atoms with Crippen molar-refractivity contribution in [1.29, 1.82) is 0 Å². The summed E-state index contributed by atoms with van der Waals surface area (Å²) in [6.45, 7) is 8.12. The zero-order valence-corrected chi connectivity index (χ0v) is 18.9. The van der Waals surface area contributed by atoms with Crippen LogP contribution in [0.4, 0.5) is 5.13 Å². The number of halogens is 2. The number of carbonyl (C=O) groups excluding carboxylic acids is 1. The average molecular weight is 453 g/mol. The number of aromatic nitrogens is 2. The third-order valence-electron chi connectivity index (χ3n) is 4.06. The Morgan fingerprint density at radius 3 is 2.63 bits per heavy atom. The van der Waals surface area contributed by atoms with Gasteiger partial charge in [0.25, 0.3) is 0 Å². The Kier molecular flexibility index (Phi) is 9.57. The molecular formula is C17H26Cl2N4O2S2. The smallest absolute Gasteiger partial charge is 0.229 e. The van der Waals surface area contributed by atoms with E-state index in [0.717, 1.165) is 35.9 Å². The maximum atomic E-state index is 12.2. The quantitative estimate of drug-likeness (QED) is 0.649. The fourth-order valence-corrected chi connectivity index (χ4v) is 4.26. The summed E-state index contributed by atoms with van der Waals surface area (Å²) in [7, 11) is 0. The molecule has 1 amide bonds. The Balaban J connectivity index is 0.00000182. The molecule has 1 aliphatic rings. The molecule has 2 aromatic heterocycles. The van der Waals surface area contributed by atoms with Crippen LogP contribution in [0.2, 0.25) is 0 Å². The number of nitrogens with one attached hydrogen (secondary N) is 2. The Labute approximate surface area is 180 Å². The van der Waals surface area contributed by atoms with E-state index in [-0.39, 0.29) is 42.1 Å². The Morgan fingerprint density at radius 1 is 1.30 bits per heavy atom. The van der Waals surface area contributed by atoms with E-state index in [2.05, 4.69) is 41.4 Å². The van der Waals surface area contributed by atoms with E-state index < -0.39 is 0 Å². The van der Waals surface area contributed by atoms with Crippen molar-refractivity contribution in [1.82, 2.24) is 15.3 Å². The molecule has 0 unspecified atom stereocenters. The highest BCUT2D eigenvalue weighted by Crippen LogP contribution is 2.32. The molecule has 1 saturated heterocycles. The molecule has 0 aliphatic carbocycles. The van der Waals surface area contributed by atoms with Crippen LogP contribution in [-0.4, -0.2) is 29.0 Å². The molecule has 2 N–H and O–H groups in total. The summed E-state index contributed by atoms with van der Waals surface area (Å²) < 4.78 is 6.84. The normalized spacial score (nSPS) is 14.9. The van der Waals surface area contributed by atoms with Crippen molar-refractivity contribution in [2.75, 3.05) is 18.4 Å². The monoisotopic (exact) mass is 452 g/mol. The lowest BCUT2D eigenvalue weighted by atomic mass is 9.94. The lowest BCUT2D eigenvalue weighted by Crippen LogP contribution is -2.34. The second-order valence-electron chi connectivity index (χ2n) is 7.15. The fraction of sp³-hybridized carbons (Fsp3) is 0.588. The maximum absolute atomic E-state index is 12.2. The number of rotatable bonds is 5. The van der Waals surface area contributed by atoms with Gasteiger partial charge in [0.15, 0.2) is 5.13 Å². The topological polar surface area (TPSA) is 80.0 Å². The number of amides is 1. The summed E-state index contributed by atoms with van der Waals surface area (Å²) >= 11 is 3.11. The number of piperidine rings is 1. The summed E-state index contributed by atoms with van der Waals surface area (Å²) in [6.07, 6.45) is 5.37. The van der Waals surface area contributed by atoms with E-state index in [1.165, 1.54) is 11.3 Å². The maximum Gasteiger partial charge on any atom is 0.229 e. The molecule has 1 aliphatic heterocycles. The first-order valence-corrected chi connectivity index (χ1v) is 10.3. The Hall–Kier alpha value is -0.800. The van der Waals surface area contributed by atoms with Crippen molar-refractivity contribution < 1.29 is 9.21 Å². The van der Waals surface area contributed by atoms with Crippen molar-refractivity contribution in [3.63, 3.8) is 0 Å². The van der Waals surface area contributed by atoms with Crippen molar-refractivity contribution in [3.8, 4) is 0 Å². The molecule has 0 bridgehead atoms. The number of thiazole rings is 1. The van der Waals surface area contributed by atoms with Crippen LogP contribution in [0.3, 0.4) is 0 Å². The van der Waals surface area contributed by atoms with Gasteiger partial charge < -0.3 is 15.1 Å². The van der Waals surface area contributed by atoms with Crippen LogP contribution in [0.5, 0.6) is 0 Å². The lowest BCUT2D eigenvalue weighted by Gasteiger charge is -2.20. The molecular weight excluding hydrogens is 427 g/mol. The van der Waals surface area contributed by atoms with Crippen LogP contribution in [-0.2, 0) is 16.0 Å². The molecule has 3 heterocycles. The average Bonchev–Trinajstić information content (AvgIpc) is 3.22. The zero-order chi connectivity index (χ0) is 17.9. The van der Waals surface area contributed by atoms with Crippen LogP contribution in [0, 0.1) is 5.92 Å². The number of nitrogens with zero attached hydrogens (tertiary/aromatic N) is 2. The predicted octanol–water partition coefficient (Wildman–Crippen LogP) is 4.50. The largest absolute Gasteiger partial charge is 0.444 e. The second kappa shape index (κ2) is 10.7. The molecule has 0 spiro atoms. The van der Waals surface area contributed by atoms with Crippen molar-refractivity contribution in [3.05, 3.63) is 24.0 Å².